The Labute approximate surface area is 230 Å². The normalized spacial score (nSPS) is 25.3. The first-order chi connectivity index (χ1) is 17.9. The Hall–Kier alpha value is -2.39. The first kappa shape index (κ1) is 30.2. The van der Waals surface area contributed by atoms with Crippen LogP contribution >= 0.6 is 11.8 Å². The predicted molar refractivity (Wildman–Crippen MR) is 149 cm³/mol. The van der Waals surface area contributed by atoms with Gasteiger partial charge in [-0.15, -0.1) is 0 Å². The number of carbonyl (C=O) groups excluding carboxylic acids is 2. The third-order valence-electron chi connectivity index (χ3n) is 6.89. The molecule has 1 unspecified atom stereocenters. The molecule has 1 heterocycles. The molecule has 2 N–H and O–H groups in total. The van der Waals surface area contributed by atoms with Gasteiger partial charge in [0, 0.05) is 11.3 Å². The molecule has 0 saturated carbocycles. The molecular formula is C30H41NO6S. The van der Waals surface area contributed by atoms with E-state index in [1.165, 1.54) is 0 Å². The van der Waals surface area contributed by atoms with E-state index >= 15 is 0 Å². The van der Waals surface area contributed by atoms with Gasteiger partial charge in [-0.2, -0.15) is 0 Å². The number of hydrogen-bond donors (Lipinski definition) is 2. The Morgan fingerprint density at radius 1 is 1.11 bits per heavy atom. The maximum Gasteiger partial charge on any atom is 0.338 e. The number of aliphatic hydroxyl groups is 1. The standard InChI is InChI=1S/C30H41NO6S/c1-20(18-35-28(34)29(3,4)5)21(2)26-25(31-19-32)24(36-27(33)22-13-9-7-10-14-22)17-30(6,37-26)38-23-15-11-8-12-16-23/h7-16,20-21,24-26,31-32H,17-19H2,1-6H3/t20-,21-,24-,25-,26?,30+/m1/s1. The Morgan fingerprint density at radius 3 is 2.29 bits per heavy atom. The third-order valence-corrected chi connectivity index (χ3v) is 8.09. The van der Waals surface area contributed by atoms with Gasteiger partial charge in [0.2, 0.25) is 0 Å². The van der Waals surface area contributed by atoms with Crippen molar-refractivity contribution in [2.75, 3.05) is 13.3 Å². The van der Waals surface area contributed by atoms with Gasteiger partial charge in [-0.05, 0) is 63.8 Å². The van der Waals surface area contributed by atoms with Gasteiger partial charge in [0.1, 0.15) is 11.0 Å². The number of benzene rings is 2. The Balaban J connectivity index is 1.88. The van der Waals surface area contributed by atoms with Crippen molar-refractivity contribution < 1.29 is 28.9 Å². The molecule has 1 fully saturated rings. The smallest absolute Gasteiger partial charge is 0.338 e. The molecular weight excluding hydrogens is 502 g/mol. The minimum Gasteiger partial charge on any atom is -0.465 e. The summed E-state index contributed by atoms with van der Waals surface area (Å²) in [5.41, 5.74) is -0.126. The van der Waals surface area contributed by atoms with Crippen LogP contribution in [0.4, 0.5) is 0 Å². The topological polar surface area (TPSA) is 94.1 Å². The molecule has 38 heavy (non-hydrogen) atoms. The highest BCUT2D eigenvalue weighted by molar-refractivity contribution is 8.00. The number of ether oxygens (including phenoxy) is 3. The Morgan fingerprint density at radius 2 is 1.71 bits per heavy atom. The van der Waals surface area contributed by atoms with Gasteiger partial charge in [-0.3, -0.25) is 10.1 Å². The molecule has 0 bridgehead atoms. The van der Waals surface area contributed by atoms with Crippen molar-refractivity contribution in [1.29, 1.82) is 0 Å². The van der Waals surface area contributed by atoms with Crippen LogP contribution in [0.2, 0.25) is 0 Å². The van der Waals surface area contributed by atoms with E-state index in [-0.39, 0.29) is 31.1 Å². The monoisotopic (exact) mass is 543 g/mol. The van der Waals surface area contributed by atoms with E-state index in [9.17, 15) is 14.7 Å². The fourth-order valence-electron chi connectivity index (χ4n) is 4.50. The summed E-state index contributed by atoms with van der Waals surface area (Å²) in [5, 5.41) is 13.0. The van der Waals surface area contributed by atoms with Crippen LogP contribution in [0.15, 0.2) is 65.6 Å². The largest absolute Gasteiger partial charge is 0.465 e. The highest BCUT2D eigenvalue weighted by Crippen LogP contribution is 2.45. The number of nitrogens with one attached hydrogen (secondary N) is 1. The van der Waals surface area contributed by atoms with Crippen LogP contribution in [-0.4, -0.2) is 53.6 Å². The average molecular weight is 544 g/mol. The van der Waals surface area contributed by atoms with E-state index in [1.807, 2.05) is 77.9 Å². The summed E-state index contributed by atoms with van der Waals surface area (Å²) in [6.07, 6.45) is -0.588. The van der Waals surface area contributed by atoms with Gasteiger partial charge in [0.25, 0.3) is 0 Å². The molecule has 208 valence electrons. The van der Waals surface area contributed by atoms with Gasteiger partial charge in [0.05, 0.1) is 36.5 Å². The van der Waals surface area contributed by atoms with Gasteiger partial charge >= 0.3 is 11.9 Å². The van der Waals surface area contributed by atoms with Crippen LogP contribution in [0.25, 0.3) is 0 Å². The van der Waals surface area contributed by atoms with E-state index in [1.54, 1.807) is 36.0 Å². The summed E-state index contributed by atoms with van der Waals surface area (Å²) in [5.74, 6) is -0.831. The highest BCUT2D eigenvalue weighted by atomic mass is 32.2. The lowest BCUT2D eigenvalue weighted by Crippen LogP contribution is -2.62. The summed E-state index contributed by atoms with van der Waals surface area (Å²) in [6, 6.07) is 18.4. The molecule has 7 nitrogen and oxygen atoms in total. The summed E-state index contributed by atoms with van der Waals surface area (Å²) in [7, 11) is 0. The van der Waals surface area contributed by atoms with Crippen LogP contribution in [0.1, 0.15) is 58.3 Å². The zero-order valence-corrected chi connectivity index (χ0v) is 24.0. The minimum absolute atomic E-state index is 0.0520. The number of thioether (sulfide) groups is 1. The maximum atomic E-state index is 13.1. The van der Waals surface area contributed by atoms with Crippen LogP contribution in [-0.2, 0) is 19.0 Å². The molecule has 2 aromatic rings. The lowest BCUT2D eigenvalue weighted by molar-refractivity contribution is -0.165. The zero-order valence-electron chi connectivity index (χ0n) is 23.2. The molecule has 0 aromatic heterocycles. The molecule has 0 radical (unpaired) electrons. The predicted octanol–water partition coefficient (Wildman–Crippen LogP) is 5.28. The lowest BCUT2D eigenvalue weighted by Gasteiger charge is -2.49. The molecule has 2 aromatic carbocycles. The van der Waals surface area contributed by atoms with Gasteiger partial charge in [-0.1, -0.05) is 62.0 Å². The minimum atomic E-state index is -0.711. The molecule has 8 heteroatoms. The van der Waals surface area contributed by atoms with Crippen LogP contribution in [0, 0.1) is 17.3 Å². The summed E-state index contributed by atoms with van der Waals surface area (Å²) < 4.78 is 18.5. The summed E-state index contributed by atoms with van der Waals surface area (Å²) in [6.45, 7) is 11.5. The van der Waals surface area contributed by atoms with Crippen LogP contribution < -0.4 is 5.32 Å². The van der Waals surface area contributed by atoms with Crippen LogP contribution in [0.3, 0.4) is 0 Å². The van der Waals surface area contributed by atoms with E-state index in [4.69, 9.17) is 14.2 Å². The van der Waals surface area contributed by atoms with Gasteiger partial charge < -0.3 is 19.3 Å². The van der Waals surface area contributed by atoms with E-state index in [0.29, 0.717) is 12.0 Å². The molecule has 0 spiro atoms. The van der Waals surface area contributed by atoms with Gasteiger partial charge in [0.15, 0.2) is 0 Å². The van der Waals surface area contributed by atoms with Crippen molar-refractivity contribution in [1.82, 2.24) is 5.32 Å². The zero-order chi connectivity index (χ0) is 27.9. The first-order valence-electron chi connectivity index (χ1n) is 13.1. The Bertz CT molecular complexity index is 1040. The average Bonchev–Trinajstić information content (AvgIpc) is 2.88. The second-order valence-electron chi connectivity index (χ2n) is 11.2. The quantitative estimate of drug-likeness (QED) is 0.309. The summed E-state index contributed by atoms with van der Waals surface area (Å²) in [4.78, 5) is 25.8. The van der Waals surface area contributed by atoms with E-state index in [2.05, 4.69) is 5.32 Å². The highest BCUT2D eigenvalue weighted by Gasteiger charge is 2.49. The summed E-state index contributed by atoms with van der Waals surface area (Å²) >= 11 is 1.58. The number of esters is 2. The first-order valence-corrected chi connectivity index (χ1v) is 13.9. The molecule has 3 rings (SSSR count). The molecule has 1 aliphatic heterocycles. The number of carbonyl (C=O) groups is 2. The van der Waals surface area contributed by atoms with Gasteiger partial charge in [-0.25, -0.2) is 4.79 Å². The molecule has 0 aliphatic carbocycles. The molecule has 6 atom stereocenters. The third kappa shape index (κ3) is 8.06. The second kappa shape index (κ2) is 13.1. The van der Waals surface area contributed by atoms with Crippen molar-refractivity contribution >= 4 is 23.7 Å². The molecule has 1 saturated heterocycles. The fourth-order valence-corrected chi connectivity index (χ4v) is 5.70. The second-order valence-corrected chi connectivity index (χ2v) is 12.8. The maximum absolute atomic E-state index is 13.1. The van der Waals surface area contributed by atoms with Crippen molar-refractivity contribution in [2.24, 2.45) is 17.3 Å². The van der Waals surface area contributed by atoms with Crippen molar-refractivity contribution in [2.45, 2.75) is 76.0 Å². The van der Waals surface area contributed by atoms with E-state index < -0.39 is 34.6 Å². The molecule has 0 amide bonds. The van der Waals surface area contributed by atoms with Crippen LogP contribution in [0.5, 0.6) is 0 Å². The lowest BCUT2D eigenvalue weighted by atomic mass is 9.82. The van der Waals surface area contributed by atoms with Crippen molar-refractivity contribution in [3.63, 3.8) is 0 Å². The Kier molecular flexibility index (Phi) is 10.4. The molecule has 1 aliphatic rings. The number of hydrogen-bond acceptors (Lipinski definition) is 8. The van der Waals surface area contributed by atoms with Crippen molar-refractivity contribution in [3.05, 3.63) is 66.2 Å². The fraction of sp³-hybridized carbons (Fsp3) is 0.533. The SMILES string of the molecule is C[C@H](COC(=O)C(C)(C)C)[C@@H](C)C1O[C@@](C)(Sc2ccccc2)C[C@@H](OC(=O)c2ccccc2)[C@H]1NCO. The van der Waals surface area contributed by atoms with E-state index in [0.717, 1.165) is 4.90 Å². The van der Waals surface area contributed by atoms with Crippen molar-refractivity contribution in [3.8, 4) is 0 Å². The number of rotatable bonds is 10. The number of aliphatic hydroxyl groups excluding tert-OH is 1.